The minimum Gasteiger partial charge on any atom is -0.196 e. The second-order valence-corrected chi connectivity index (χ2v) is 11.3. The van der Waals surface area contributed by atoms with Crippen LogP contribution < -0.4 is 0 Å². The van der Waals surface area contributed by atoms with Gasteiger partial charge < -0.3 is 0 Å². The molecule has 28 heavy (non-hydrogen) atoms. The molecule has 0 aromatic heterocycles. The fraction of sp³-hybridized carbons (Fsp3) is 0.529. The topological polar surface area (TPSA) is 43.4 Å². The van der Waals surface area contributed by atoms with Crippen LogP contribution >= 0.6 is 10.3 Å². The van der Waals surface area contributed by atoms with Gasteiger partial charge >= 0.3 is 21.1 Å². The van der Waals surface area contributed by atoms with Crippen LogP contribution in [0, 0.1) is 12.8 Å². The molecule has 1 heterocycles. The molecule has 0 N–H and O–H groups in total. The molecule has 1 saturated carbocycles. The summed E-state index contributed by atoms with van der Waals surface area (Å²) >= 11 is 0. The van der Waals surface area contributed by atoms with Crippen LogP contribution in [0.4, 0.5) is 26.3 Å². The van der Waals surface area contributed by atoms with Gasteiger partial charge in [-0.3, -0.25) is 0 Å². The molecule has 1 aliphatic heterocycles. The molecule has 1 aromatic carbocycles. The SMILES string of the molecule is Cc1ccc2c(c1)S(OS(=O)(=O)C(F)(F)F)(C(F)(F)F)C(C1CCCCC1)=C2. The Balaban J connectivity index is 2.27. The summed E-state index contributed by atoms with van der Waals surface area (Å²) in [6.45, 7) is 1.48. The zero-order chi connectivity index (χ0) is 21.0. The molecule has 1 aromatic rings. The van der Waals surface area contributed by atoms with Crippen LogP contribution in [0.25, 0.3) is 6.08 Å². The molecule has 3 rings (SSSR count). The maximum Gasteiger partial charge on any atom is 0.523 e. The monoisotopic (exact) mass is 448 g/mol. The lowest BCUT2D eigenvalue weighted by molar-refractivity contribution is -0.0547. The minimum absolute atomic E-state index is 0.0517. The summed E-state index contributed by atoms with van der Waals surface area (Å²) in [6.07, 6.45) is 3.93. The van der Waals surface area contributed by atoms with E-state index >= 15 is 0 Å². The van der Waals surface area contributed by atoms with Crippen molar-refractivity contribution >= 4 is 26.5 Å². The molecule has 11 heteroatoms. The summed E-state index contributed by atoms with van der Waals surface area (Å²) in [5, 5.41) is 0. The first kappa shape index (κ1) is 21.5. The quantitative estimate of drug-likeness (QED) is 0.397. The molecular formula is C17H18F6O3S2. The van der Waals surface area contributed by atoms with E-state index in [0.29, 0.717) is 31.2 Å². The Labute approximate surface area is 160 Å². The number of allylic oxidation sites excluding steroid dienone is 1. The molecule has 1 aliphatic carbocycles. The van der Waals surface area contributed by atoms with E-state index in [1.165, 1.54) is 25.1 Å². The van der Waals surface area contributed by atoms with Crippen LogP contribution in [0.5, 0.6) is 0 Å². The number of benzene rings is 1. The molecule has 0 saturated heterocycles. The lowest BCUT2D eigenvalue weighted by Crippen LogP contribution is -2.34. The van der Waals surface area contributed by atoms with Crippen molar-refractivity contribution in [3.63, 3.8) is 0 Å². The van der Waals surface area contributed by atoms with E-state index < -0.39 is 42.3 Å². The first-order valence-electron chi connectivity index (χ1n) is 8.54. The highest BCUT2D eigenvalue weighted by Crippen LogP contribution is 2.80. The number of alkyl halides is 6. The van der Waals surface area contributed by atoms with Gasteiger partial charge in [-0.25, -0.2) is 0 Å². The molecule has 1 atom stereocenters. The van der Waals surface area contributed by atoms with E-state index in [0.717, 1.165) is 12.5 Å². The predicted molar refractivity (Wildman–Crippen MR) is 93.7 cm³/mol. The van der Waals surface area contributed by atoms with Crippen molar-refractivity contribution in [3.05, 3.63) is 34.2 Å². The number of aryl methyl sites for hydroxylation is 1. The average molecular weight is 448 g/mol. The lowest BCUT2D eigenvalue weighted by Gasteiger charge is -2.42. The average Bonchev–Trinajstić information content (AvgIpc) is 2.89. The minimum atomic E-state index is -6.47. The molecule has 0 bridgehead atoms. The Morgan fingerprint density at radius 1 is 1.04 bits per heavy atom. The standard InChI is InChI=1S/C17H18F6O3S2/c1-11-7-8-13-10-15(12-5-3-2-4-6-12)27(14(13)9-11,16(18,19)20)26-28(24,25)17(21,22)23/h7-10,12H,2-6H2,1H3. The number of fused-ring (bicyclic) bond motifs is 1. The maximum absolute atomic E-state index is 14.4. The van der Waals surface area contributed by atoms with Gasteiger partial charge in [0.1, 0.15) is 0 Å². The Bertz CT molecular complexity index is 898. The van der Waals surface area contributed by atoms with Crippen molar-refractivity contribution in [1.82, 2.24) is 0 Å². The third-order valence-electron chi connectivity index (χ3n) is 4.92. The summed E-state index contributed by atoms with van der Waals surface area (Å²) in [4.78, 5) is -0.915. The van der Waals surface area contributed by atoms with Crippen LogP contribution in [0.3, 0.4) is 0 Å². The molecular weight excluding hydrogens is 430 g/mol. The van der Waals surface area contributed by atoms with Crippen LogP contribution in [0.1, 0.15) is 43.2 Å². The molecule has 2 aliphatic rings. The summed E-state index contributed by atoms with van der Waals surface area (Å²) in [7, 11) is -11.4. The van der Waals surface area contributed by atoms with Crippen molar-refractivity contribution in [2.75, 3.05) is 0 Å². The Morgan fingerprint density at radius 3 is 2.18 bits per heavy atom. The molecule has 158 valence electrons. The van der Waals surface area contributed by atoms with Gasteiger partial charge in [0.2, 0.25) is 0 Å². The Hall–Kier alpha value is -1.20. The molecule has 1 unspecified atom stereocenters. The van der Waals surface area contributed by atoms with Gasteiger partial charge in [-0.15, -0.1) is 0 Å². The van der Waals surface area contributed by atoms with Gasteiger partial charge in [0, 0.05) is 20.1 Å². The summed E-state index contributed by atoms with van der Waals surface area (Å²) in [5.41, 5.74) is -10.9. The number of halogens is 6. The first-order chi connectivity index (χ1) is 12.8. The highest BCUT2D eigenvalue weighted by atomic mass is 32.3. The van der Waals surface area contributed by atoms with E-state index in [2.05, 4.69) is 3.63 Å². The van der Waals surface area contributed by atoms with Crippen molar-refractivity contribution in [2.45, 2.75) is 54.9 Å². The van der Waals surface area contributed by atoms with Crippen LogP contribution in [-0.4, -0.2) is 19.4 Å². The van der Waals surface area contributed by atoms with E-state index in [9.17, 15) is 34.8 Å². The summed E-state index contributed by atoms with van der Waals surface area (Å²) in [5.74, 6) is -0.679. The third kappa shape index (κ3) is 3.45. The summed E-state index contributed by atoms with van der Waals surface area (Å²) < 4.78 is 110. The van der Waals surface area contributed by atoms with E-state index in [-0.39, 0.29) is 10.5 Å². The van der Waals surface area contributed by atoms with Gasteiger partial charge in [-0.05, 0) is 49.0 Å². The van der Waals surface area contributed by atoms with Crippen molar-refractivity contribution in [2.24, 2.45) is 5.92 Å². The van der Waals surface area contributed by atoms with Gasteiger partial charge in [0.05, 0.1) is 0 Å². The molecule has 0 radical (unpaired) electrons. The second-order valence-electron chi connectivity index (χ2n) is 6.89. The zero-order valence-corrected chi connectivity index (χ0v) is 16.4. The Morgan fingerprint density at radius 2 is 1.64 bits per heavy atom. The van der Waals surface area contributed by atoms with Crippen LogP contribution in [0.15, 0.2) is 28.0 Å². The Kier molecular flexibility index (Phi) is 5.33. The normalized spacial score (nSPS) is 26.5. The lowest BCUT2D eigenvalue weighted by atomic mass is 9.88. The predicted octanol–water partition coefficient (Wildman–Crippen LogP) is 6.39. The van der Waals surface area contributed by atoms with Crippen molar-refractivity contribution < 1.29 is 38.4 Å². The van der Waals surface area contributed by atoms with E-state index in [1.54, 1.807) is 0 Å². The van der Waals surface area contributed by atoms with Gasteiger partial charge in [0.15, 0.2) is 0 Å². The van der Waals surface area contributed by atoms with Gasteiger partial charge in [0.25, 0.3) is 0 Å². The van der Waals surface area contributed by atoms with Gasteiger partial charge in [-0.1, -0.05) is 31.4 Å². The van der Waals surface area contributed by atoms with Crippen LogP contribution in [0.2, 0.25) is 0 Å². The smallest absolute Gasteiger partial charge is 0.196 e. The fourth-order valence-corrected chi connectivity index (χ4v) is 8.54. The third-order valence-corrected chi connectivity index (χ3v) is 9.76. The summed E-state index contributed by atoms with van der Waals surface area (Å²) in [6, 6.07) is 3.96. The number of hydrogen-bond donors (Lipinski definition) is 0. The van der Waals surface area contributed by atoms with E-state index in [1.807, 2.05) is 0 Å². The van der Waals surface area contributed by atoms with Gasteiger partial charge in [-0.2, -0.15) is 38.4 Å². The molecule has 0 amide bonds. The van der Waals surface area contributed by atoms with Crippen molar-refractivity contribution in [3.8, 4) is 0 Å². The molecule has 1 fully saturated rings. The second kappa shape index (κ2) is 6.94. The highest BCUT2D eigenvalue weighted by Gasteiger charge is 2.65. The zero-order valence-electron chi connectivity index (χ0n) is 14.7. The first-order valence-corrected chi connectivity index (χ1v) is 11.5. The van der Waals surface area contributed by atoms with Crippen LogP contribution in [-0.2, 0) is 13.7 Å². The molecule has 3 nitrogen and oxygen atoms in total. The van der Waals surface area contributed by atoms with E-state index in [4.69, 9.17) is 0 Å². The highest BCUT2D eigenvalue weighted by molar-refractivity contribution is 8.37. The largest absolute Gasteiger partial charge is 0.523 e. The fourth-order valence-electron chi connectivity index (χ4n) is 3.66. The number of rotatable bonds is 3. The van der Waals surface area contributed by atoms with Crippen molar-refractivity contribution in [1.29, 1.82) is 0 Å². The molecule has 0 spiro atoms. The number of hydrogen-bond acceptors (Lipinski definition) is 3. The maximum atomic E-state index is 14.4.